The summed E-state index contributed by atoms with van der Waals surface area (Å²) in [5, 5.41) is 11.1. The summed E-state index contributed by atoms with van der Waals surface area (Å²) in [7, 11) is -2.08. The van der Waals surface area contributed by atoms with Crippen LogP contribution in [-0.4, -0.2) is 18.4 Å². The Morgan fingerprint density at radius 2 is 1.40 bits per heavy atom. The van der Waals surface area contributed by atoms with Crippen molar-refractivity contribution in [2.75, 3.05) is 0 Å². The minimum Gasteiger partial charge on any atom is -0.381 e. The van der Waals surface area contributed by atoms with Crippen LogP contribution in [-0.2, 0) is 0 Å². The van der Waals surface area contributed by atoms with Gasteiger partial charge >= 0.3 is 0 Å². The number of hydrogen-bond donors (Lipinski definition) is 1. The number of aliphatic hydroxyl groups is 1. The molecule has 0 saturated heterocycles. The second kappa shape index (κ2) is 5.66. The van der Waals surface area contributed by atoms with Crippen LogP contribution < -0.4 is 5.19 Å². The Kier molecular flexibility index (Phi) is 4.13. The van der Waals surface area contributed by atoms with E-state index >= 15 is 0 Å². The molecule has 0 heterocycles. The minimum absolute atomic E-state index is 0.936. The van der Waals surface area contributed by atoms with Crippen molar-refractivity contribution >= 4 is 13.3 Å². The lowest BCUT2D eigenvalue weighted by Gasteiger charge is -2.34. The van der Waals surface area contributed by atoms with Crippen LogP contribution in [0.3, 0.4) is 0 Å². The third-order valence-corrected chi connectivity index (χ3v) is 8.27. The van der Waals surface area contributed by atoms with E-state index in [-0.39, 0.29) is 0 Å². The largest absolute Gasteiger partial charge is 0.381 e. The van der Waals surface area contributed by atoms with Gasteiger partial charge in [-0.05, 0) is 19.1 Å². The van der Waals surface area contributed by atoms with Crippen molar-refractivity contribution in [3.8, 4) is 11.8 Å². The third kappa shape index (κ3) is 3.01. The summed E-state index contributed by atoms with van der Waals surface area (Å²) in [5.41, 5.74) is 0.936. The molecule has 0 fully saturated rings. The summed E-state index contributed by atoms with van der Waals surface area (Å²) in [6, 6.07) is 20.0. The van der Waals surface area contributed by atoms with Crippen molar-refractivity contribution in [3.05, 3.63) is 66.2 Å². The molecule has 1 N–H and O–H groups in total. The van der Waals surface area contributed by atoms with Crippen molar-refractivity contribution in [3.63, 3.8) is 0 Å². The van der Waals surface area contributed by atoms with E-state index in [2.05, 4.69) is 37.1 Å². The third-order valence-electron chi connectivity index (χ3n) is 3.94. The molecule has 0 unspecified atom stereocenters. The summed E-state index contributed by atoms with van der Waals surface area (Å²) in [4.78, 5) is 0. The highest BCUT2D eigenvalue weighted by Gasteiger charge is 2.41. The number of benzene rings is 2. The predicted molar refractivity (Wildman–Crippen MR) is 87.5 cm³/mol. The van der Waals surface area contributed by atoms with Crippen LogP contribution >= 0.6 is 0 Å². The van der Waals surface area contributed by atoms with E-state index in [4.69, 9.17) is 0 Å². The monoisotopic (exact) mass is 280 g/mol. The molecule has 0 aromatic heterocycles. The van der Waals surface area contributed by atoms with Gasteiger partial charge in [-0.1, -0.05) is 78.7 Å². The lowest BCUT2D eigenvalue weighted by molar-refractivity contribution is 0.198. The van der Waals surface area contributed by atoms with Crippen LogP contribution in [0.1, 0.15) is 12.5 Å². The maximum Gasteiger partial charge on any atom is 0.131 e. The molecule has 102 valence electrons. The standard InChI is InChI=1S/C18H20OSi/c1-18(19,15-14-16-10-6-4-7-11-16)20(2,3)17-12-8-5-9-13-17/h4-13,19H,1-3H3/t18-/m1/s1. The molecule has 0 radical (unpaired) electrons. The summed E-state index contributed by atoms with van der Waals surface area (Å²) in [5.74, 6) is 6.18. The van der Waals surface area contributed by atoms with Gasteiger partial charge in [0.15, 0.2) is 0 Å². The molecule has 2 aromatic rings. The Balaban J connectivity index is 2.33. The van der Waals surface area contributed by atoms with Gasteiger partial charge in [-0.3, -0.25) is 0 Å². The summed E-state index contributed by atoms with van der Waals surface area (Å²) >= 11 is 0. The molecule has 0 amide bonds. The van der Waals surface area contributed by atoms with Crippen molar-refractivity contribution in [1.82, 2.24) is 0 Å². The van der Waals surface area contributed by atoms with Crippen LogP contribution in [0.2, 0.25) is 13.1 Å². The van der Waals surface area contributed by atoms with Gasteiger partial charge in [0.25, 0.3) is 0 Å². The molecule has 0 aliphatic heterocycles. The molecule has 2 aromatic carbocycles. The molecule has 2 heteroatoms. The van der Waals surface area contributed by atoms with Crippen LogP contribution in [0.25, 0.3) is 0 Å². The van der Waals surface area contributed by atoms with E-state index in [1.807, 2.05) is 55.5 Å². The smallest absolute Gasteiger partial charge is 0.131 e. The molecular weight excluding hydrogens is 260 g/mol. The molecule has 0 aliphatic carbocycles. The zero-order chi connectivity index (χ0) is 14.6. The first kappa shape index (κ1) is 14.6. The Morgan fingerprint density at radius 1 is 0.900 bits per heavy atom. The first-order chi connectivity index (χ1) is 9.43. The van der Waals surface area contributed by atoms with E-state index in [0.717, 1.165) is 5.56 Å². The molecule has 1 nitrogen and oxygen atoms in total. The Bertz CT molecular complexity index is 619. The fourth-order valence-electron chi connectivity index (χ4n) is 2.01. The molecular formula is C18H20OSi. The lowest BCUT2D eigenvalue weighted by Crippen LogP contribution is -2.60. The SMILES string of the molecule is C[C@](O)(C#Cc1ccccc1)[Si](C)(C)c1ccccc1. The Hall–Kier alpha value is -1.82. The van der Waals surface area contributed by atoms with Crippen molar-refractivity contribution in [1.29, 1.82) is 0 Å². The van der Waals surface area contributed by atoms with Gasteiger partial charge in [0.1, 0.15) is 13.3 Å². The molecule has 0 spiro atoms. The Labute approximate surface area is 122 Å². The second-order valence-corrected chi connectivity index (χ2v) is 10.5. The number of rotatable bonds is 2. The van der Waals surface area contributed by atoms with Gasteiger partial charge in [-0.15, -0.1) is 0 Å². The maximum absolute atomic E-state index is 10.8. The fraction of sp³-hybridized carbons (Fsp3) is 0.222. The van der Waals surface area contributed by atoms with E-state index in [1.165, 1.54) is 5.19 Å². The fourth-order valence-corrected chi connectivity index (χ4v) is 3.97. The van der Waals surface area contributed by atoms with E-state index in [9.17, 15) is 5.11 Å². The highest BCUT2D eigenvalue weighted by Crippen LogP contribution is 2.20. The highest BCUT2D eigenvalue weighted by molar-refractivity contribution is 6.92. The second-order valence-electron chi connectivity index (χ2n) is 5.68. The highest BCUT2D eigenvalue weighted by atomic mass is 28.3. The average molecular weight is 280 g/mol. The normalized spacial score (nSPS) is 14.0. The predicted octanol–water partition coefficient (Wildman–Crippen LogP) is 2.94. The molecule has 1 atom stereocenters. The lowest BCUT2D eigenvalue weighted by atomic mass is 10.2. The summed E-state index contributed by atoms with van der Waals surface area (Å²) in [6.45, 7) is 6.15. The van der Waals surface area contributed by atoms with E-state index < -0.39 is 13.3 Å². The van der Waals surface area contributed by atoms with E-state index in [0.29, 0.717) is 0 Å². The number of hydrogen-bond acceptors (Lipinski definition) is 1. The molecule has 0 aliphatic rings. The zero-order valence-electron chi connectivity index (χ0n) is 12.2. The van der Waals surface area contributed by atoms with Crippen LogP contribution in [0, 0.1) is 11.8 Å². The first-order valence-electron chi connectivity index (χ1n) is 6.79. The summed E-state index contributed by atoms with van der Waals surface area (Å²) < 4.78 is 0. The van der Waals surface area contributed by atoms with Gasteiger partial charge < -0.3 is 5.11 Å². The first-order valence-corrected chi connectivity index (χ1v) is 9.79. The van der Waals surface area contributed by atoms with Crippen LogP contribution in [0.5, 0.6) is 0 Å². The topological polar surface area (TPSA) is 20.2 Å². The summed E-state index contributed by atoms with van der Waals surface area (Å²) in [6.07, 6.45) is 0. The molecule has 0 saturated carbocycles. The van der Waals surface area contributed by atoms with Crippen molar-refractivity contribution in [2.45, 2.75) is 25.2 Å². The maximum atomic E-state index is 10.8. The molecule has 2 rings (SSSR count). The van der Waals surface area contributed by atoms with E-state index in [1.54, 1.807) is 0 Å². The van der Waals surface area contributed by atoms with Crippen molar-refractivity contribution < 1.29 is 5.11 Å². The zero-order valence-corrected chi connectivity index (χ0v) is 13.2. The quantitative estimate of drug-likeness (QED) is 0.662. The van der Waals surface area contributed by atoms with Crippen molar-refractivity contribution in [2.24, 2.45) is 0 Å². The van der Waals surface area contributed by atoms with Gasteiger partial charge in [-0.2, -0.15) is 0 Å². The Morgan fingerprint density at radius 3 is 1.95 bits per heavy atom. The molecule has 20 heavy (non-hydrogen) atoms. The van der Waals surface area contributed by atoms with Gasteiger partial charge in [-0.25, -0.2) is 0 Å². The molecule has 0 bridgehead atoms. The van der Waals surface area contributed by atoms with Crippen LogP contribution in [0.4, 0.5) is 0 Å². The van der Waals surface area contributed by atoms with Crippen LogP contribution in [0.15, 0.2) is 60.7 Å². The van der Waals surface area contributed by atoms with Gasteiger partial charge in [0, 0.05) is 5.56 Å². The van der Waals surface area contributed by atoms with Gasteiger partial charge in [0.2, 0.25) is 0 Å². The minimum atomic E-state index is -2.08. The average Bonchev–Trinajstić information content (AvgIpc) is 2.47. The van der Waals surface area contributed by atoms with Gasteiger partial charge in [0.05, 0.1) is 0 Å².